The topological polar surface area (TPSA) is 53.1 Å². The number of hydrogen-bond donors (Lipinski definition) is 1. The van der Waals surface area contributed by atoms with E-state index in [0.29, 0.717) is 13.2 Å². The Labute approximate surface area is 78.8 Å². The number of nitrogens with two attached hydrogens (primary N) is 1. The predicted molar refractivity (Wildman–Crippen MR) is 47.8 cm³/mol. The zero-order valence-electron chi connectivity index (χ0n) is 6.48. The highest BCUT2D eigenvalue weighted by molar-refractivity contribution is 9.10. The molecule has 2 atom stereocenters. The summed E-state index contributed by atoms with van der Waals surface area (Å²) < 4.78 is 8.05. The third-order valence-corrected chi connectivity index (χ3v) is 2.41. The van der Waals surface area contributed by atoms with E-state index in [4.69, 9.17) is 10.5 Å². The maximum absolute atomic E-state index is 5.82. The van der Waals surface area contributed by atoms with Crippen LogP contribution in [0.5, 0.6) is 0 Å². The quantitative estimate of drug-likeness (QED) is 0.768. The summed E-state index contributed by atoms with van der Waals surface area (Å²) in [7, 11) is 0. The Kier molecular flexibility index (Phi) is 2.16. The van der Waals surface area contributed by atoms with E-state index < -0.39 is 0 Å². The van der Waals surface area contributed by atoms with Gasteiger partial charge in [-0.05, 0) is 15.9 Å². The molecule has 66 valence electrons. The van der Waals surface area contributed by atoms with E-state index in [1.165, 1.54) is 0 Å². The summed E-state index contributed by atoms with van der Waals surface area (Å²) in [6.07, 6.45) is 3.67. The van der Waals surface area contributed by atoms with E-state index in [2.05, 4.69) is 21.0 Å². The van der Waals surface area contributed by atoms with Crippen molar-refractivity contribution in [2.24, 2.45) is 5.73 Å². The first-order valence-electron chi connectivity index (χ1n) is 3.80. The second-order valence-corrected chi connectivity index (χ2v) is 3.82. The van der Waals surface area contributed by atoms with Gasteiger partial charge >= 0.3 is 0 Å². The lowest BCUT2D eigenvalue weighted by Crippen LogP contribution is -2.30. The van der Waals surface area contributed by atoms with E-state index in [1.54, 1.807) is 6.20 Å². The minimum Gasteiger partial charge on any atom is -0.377 e. The molecule has 1 aromatic heterocycles. The van der Waals surface area contributed by atoms with Crippen LogP contribution in [-0.2, 0) is 4.74 Å². The predicted octanol–water partition coefficient (Wildman–Crippen LogP) is 0.544. The smallest absolute Gasteiger partial charge is 0.0925 e. The highest BCUT2D eigenvalue weighted by Crippen LogP contribution is 2.18. The van der Waals surface area contributed by atoms with E-state index in [0.717, 1.165) is 4.47 Å². The van der Waals surface area contributed by atoms with Crippen LogP contribution in [0.2, 0.25) is 0 Å². The van der Waals surface area contributed by atoms with Crippen molar-refractivity contribution in [2.75, 3.05) is 13.2 Å². The van der Waals surface area contributed by atoms with Crippen molar-refractivity contribution >= 4 is 15.9 Å². The Bertz CT molecular complexity index is 275. The van der Waals surface area contributed by atoms with Crippen LogP contribution < -0.4 is 5.73 Å². The van der Waals surface area contributed by atoms with Gasteiger partial charge in [0, 0.05) is 6.20 Å². The number of hydrogen-bond acceptors (Lipinski definition) is 3. The molecule has 2 rings (SSSR count). The Balaban J connectivity index is 2.19. The molecule has 0 bridgehead atoms. The molecule has 1 saturated heterocycles. The Morgan fingerprint density at radius 1 is 1.67 bits per heavy atom. The highest BCUT2D eigenvalue weighted by atomic mass is 79.9. The lowest BCUT2D eigenvalue weighted by molar-refractivity contribution is 0.183. The van der Waals surface area contributed by atoms with Crippen molar-refractivity contribution in [3.05, 3.63) is 16.9 Å². The van der Waals surface area contributed by atoms with Crippen molar-refractivity contribution in [3.63, 3.8) is 0 Å². The molecule has 4 nitrogen and oxygen atoms in total. The van der Waals surface area contributed by atoms with Crippen molar-refractivity contribution in [3.8, 4) is 0 Å². The zero-order chi connectivity index (χ0) is 8.55. The van der Waals surface area contributed by atoms with Crippen LogP contribution in [0.3, 0.4) is 0 Å². The first-order valence-corrected chi connectivity index (χ1v) is 4.59. The van der Waals surface area contributed by atoms with Gasteiger partial charge in [0.15, 0.2) is 0 Å². The Morgan fingerprint density at radius 3 is 3.00 bits per heavy atom. The molecule has 0 aliphatic carbocycles. The van der Waals surface area contributed by atoms with E-state index in [1.807, 2.05) is 10.9 Å². The molecular weight excluding hydrogens is 222 g/mol. The summed E-state index contributed by atoms with van der Waals surface area (Å²) in [4.78, 5) is 0. The summed E-state index contributed by atoms with van der Waals surface area (Å²) in [6.45, 7) is 1.29. The lowest BCUT2D eigenvalue weighted by Gasteiger charge is -2.12. The van der Waals surface area contributed by atoms with Crippen molar-refractivity contribution in [1.82, 2.24) is 9.78 Å². The first-order chi connectivity index (χ1) is 5.77. The maximum atomic E-state index is 5.82. The SMILES string of the molecule is N[C@@H]1COC[C@@H]1n1cc(Br)cn1. The van der Waals surface area contributed by atoms with Crippen LogP contribution in [0.25, 0.3) is 0 Å². The van der Waals surface area contributed by atoms with Crippen LogP contribution in [0.1, 0.15) is 6.04 Å². The van der Waals surface area contributed by atoms with Crippen LogP contribution in [-0.4, -0.2) is 29.0 Å². The van der Waals surface area contributed by atoms with E-state index in [9.17, 15) is 0 Å². The second-order valence-electron chi connectivity index (χ2n) is 2.91. The molecule has 1 aromatic rings. The van der Waals surface area contributed by atoms with Gasteiger partial charge in [-0.1, -0.05) is 0 Å². The summed E-state index contributed by atoms with van der Waals surface area (Å²) in [6, 6.07) is 0.257. The molecule has 1 fully saturated rings. The van der Waals surface area contributed by atoms with Gasteiger partial charge in [-0.25, -0.2) is 0 Å². The largest absolute Gasteiger partial charge is 0.377 e. The minimum absolute atomic E-state index is 0.0665. The summed E-state index contributed by atoms with van der Waals surface area (Å²) in [5.41, 5.74) is 5.82. The van der Waals surface area contributed by atoms with Crippen molar-refractivity contribution < 1.29 is 4.74 Å². The number of halogens is 1. The summed E-state index contributed by atoms with van der Waals surface area (Å²) >= 11 is 3.33. The Morgan fingerprint density at radius 2 is 2.50 bits per heavy atom. The number of nitrogens with zero attached hydrogens (tertiary/aromatic N) is 2. The van der Waals surface area contributed by atoms with Crippen molar-refractivity contribution in [2.45, 2.75) is 12.1 Å². The molecule has 1 aliphatic rings. The fraction of sp³-hybridized carbons (Fsp3) is 0.571. The first kappa shape index (κ1) is 8.22. The third kappa shape index (κ3) is 1.39. The monoisotopic (exact) mass is 231 g/mol. The molecule has 1 aliphatic heterocycles. The maximum Gasteiger partial charge on any atom is 0.0925 e. The molecule has 0 spiro atoms. The molecule has 2 heterocycles. The van der Waals surface area contributed by atoms with Gasteiger partial charge in [0.05, 0.1) is 36.0 Å². The number of aromatic nitrogens is 2. The van der Waals surface area contributed by atoms with Gasteiger partial charge in [0.2, 0.25) is 0 Å². The van der Waals surface area contributed by atoms with Crippen LogP contribution in [0.15, 0.2) is 16.9 Å². The molecule has 0 saturated carbocycles. The van der Waals surface area contributed by atoms with Gasteiger partial charge in [0.1, 0.15) is 0 Å². The fourth-order valence-electron chi connectivity index (χ4n) is 1.33. The standard InChI is InChI=1S/C7H10BrN3O/c8-5-1-10-11(2-5)7-4-12-3-6(7)9/h1-2,6-7H,3-4,9H2/t6-,7+/m1/s1. The summed E-state index contributed by atoms with van der Waals surface area (Å²) in [5.74, 6) is 0. The normalized spacial score (nSPS) is 29.5. The Hall–Kier alpha value is -0.390. The minimum atomic E-state index is 0.0665. The average Bonchev–Trinajstić information content (AvgIpc) is 2.58. The van der Waals surface area contributed by atoms with Crippen molar-refractivity contribution in [1.29, 1.82) is 0 Å². The lowest BCUT2D eigenvalue weighted by atomic mass is 10.2. The molecule has 5 heteroatoms. The van der Waals surface area contributed by atoms with Crippen LogP contribution >= 0.6 is 15.9 Å². The molecule has 2 N–H and O–H groups in total. The van der Waals surface area contributed by atoms with E-state index >= 15 is 0 Å². The van der Waals surface area contributed by atoms with Crippen LogP contribution in [0, 0.1) is 0 Å². The molecule has 0 radical (unpaired) electrons. The highest BCUT2D eigenvalue weighted by Gasteiger charge is 2.26. The zero-order valence-corrected chi connectivity index (χ0v) is 8.07. The van der Waals surface area contributed by atoms with Gasteiger partial charge in [-0.15, -0.1) is 0 Å². The molecular formula is C7H10BrN3O. The van der Waals surface area contributed by atoms with Gasteiger partial charge in [0.25, 0.3) is 0 Å². The molecule has 0 aromatic carbocycles. The molecule has 0 unspecified atom stereocenters. The van der Waals surface area contributed by atoms with Gasteiger partial charge in [-0.3, -0.25) is 4.68 Å². The summed E-state index contributed by atoms with van der Waals surface area (Å²) in [5, 5.41) is 4.16. The van der Waals surface area contributed by atoms with E-state index in [-0.39, 0.29) is 12.1 Å². The number of ether oxygens (including phenoxy) is 1. The van der Waals surface area contributed by atoms with Gasteiger partial charge < -0.3 is 10.5 Å². The number of rotatable bonds is 1. The van der Waals surface area contributed by atoms with Crippen LogP contribution in [0.4, 0.5) is 0 Å². The fourth-order valence-corrected chi connectivity index (χ4v) is 1.63. The average molecular weight is 232 g/mol. The molecule has 12 heavy (non-hydrogen) atoms. The second kappa shape index (κ2) is 3.16. The van der Waals surface area contributed by atoms with Gasteiger partial charge in [-0.2, -0.15) is 5.10 Å². The third-order valence-electron chi connectivity index (χ3n) is 2.00. The molecule has 0 amide bonds.